The third-order valence-electron chi connectivity index (χ3n) is 2.69. The van der Waals surface area contributed by atoms with E-state index in [1.54, 1.807) is 31.4 Å². The van der Waals surface area contributed by atoms with Crippen molar-refractivity contribution in [1.29, 1.82) is 0 Å². The Hall–Kier alpha value is -2.48. The number of alkyl halides is 3. The minimum Gasteiger partial charge on any atom is -0.497 e. The number of rotatable bonds is 4. The zero-order valence-electron chi connectivity index (χ0n) is 12.0. The molecule has 122 valence electrons. The van der Waals surface area contributed by atoms with E-state index in [-0.39, 0.29) is 5.75 Å². The van der Waals surface area contributed by atoms with Crippen LogP contribution in [0, 0.1) is 0 Å². The van der Waals surface area contributed by atoms with Crippen molar-refractivity contribution in [3.05, 3.63) is 48.5 Å². The number of halogens is 3. The predicted molar refractivity (Wildman–Crippen MR) is 86.0 cm³/mol. The highest BCUT2D eigenvalue weighted by Crippen LogP contribution is 2.24. The highest BCUT2D eigenvalue weighted by atomic mass is 32.1. The number of thiocarbonyl (C=S) groups is 1. The predicted octanol–water partition coefficient (Wildman–Crippen LogP) is 4.40. The maximum absolute atomic E-state index is 12.1. The van der Waals surface area contributed by atoms with E-state index in [2.05, 4.69) is 15.4 Å². The number of hydrogen-bond acceptors (Lipinski definition) is 3. The summed E-state index contributed by atoms with van der Waals surface area (Å²) in [5, 5.41) is 6.11. The number of anilines is 2. The molecule has 2 rings (SSSR count). The smallest absolute Gasteiger partial charge is 0.497 e. The highest BCUT2D eigenvalue weighted by Gasteiger charge is 2.30. The average Bonchev–Trinajstić information content (AvgIpc) is 2.48. The minimum absolute atomic E-state index is 0.294. The van der Waals surface area contributed by atoms with Gasteiger partial charge < -0.3 is 20.1 Å². The highest BCUT2D eigenvalue weighted by molar-refractivity contribution is 7.80. The van der Waals surface area contributed by atoms with Crippen molar-refractivity contribution in [2.75, 3.05) is 17.7 Å². The molecule has 23 heavy (non-hydrogen) atoms. The molecule has 0 radical (unpaired) electrons. The van der Waals surface area contributed by atoms with Gasteiger partial charge in [0.05, 0.1) is 7.11 Å². The van der Waals surface area contributed by atoms with Gasteiger partial charge in [-0.15, -0.1) is 13.2 Å². The molecular formula is C15H13F3N2O2S. The van der Waals surface area contributed by atoms with Crippen LogP contribution in [0.15, 0.2) is 48.5 Å². The summed E-state index contributed by atoms with van der Waals surface area (Å²) in [6.07, 6.45) is -4.71. The van der Waals surface area contributed by atoms with Gasteiger partial charge in [-0.25, -0.2) is 0 Å². The summed E-state index contributed by atoms with van der Waals surface area (Å²) < 4.78 is 45.1. The van der Waals surface area contributed by atoms with Crippen LogP contribution in [0.5, 0.6) is 11.5 Å². The summed E-state index contributed by atoms with van der Waals surface area (Å²) in [6.45, 7) is 0. The molecule has 8 heteroatoms. The van der Waals surface area contributed by atoms with Crippen LogP contribution in [0.3, 0.4) is 0 Å². The van der Waals surface area contributed by atoms with Crippen LogP contribution in [0.2, 0.25) is 0 Å². The number of nitrogens with one attached hydrogen (secondary N) is 2. The first kappa shape index (κ1) is 16.9. The van der Waals surface area contributed by atoms with Crippen molar-refractivity contribution in [1.82, 2.24) is 0 Å². The normalized spacial score (nSPS) is 10.8. The Morgan fingerprint density at radius 1 is 0.870 bits per heavy atom. The van der Waals surface area contributed by atoms with Crippen molar-refractivity contribution in [3.8, 4) is 11.5 Å². The summed E-state index contributed by atoms with van der Waals surface area (Å²) in [5.74, 6) is 0.423. The lowest BCUT2D eigenvalue weighted by Crippen LogP contribution is -2.19. The van der Waals surface area contributed by atoms with E-state index >= 15 is 0 Å². The molecule has 0 amide bonds. The van der Waals surface area contributed by atoms with Gasteiger partial charge in [0.15, 0.2) is 5.11 Å². The fourth-order valence-corrected chi connectivity index (χ4v) is 1.94. The second-order valence-electron chi connectivity index (χ2n) is 4.38. The molecule has 0 bridgehead atoms. The molecule has 2 aromatic rings. The molecule has 0 atom stereocenters. The Morgan fingerprint density at radius 2 is 1.30 bits per heavy atom. The van der Waals surface area contributed by atoms with Gasteiger partial charge in [0.2, 0.25) is 0 Å². The van der Waals surface area contributed by atoms with Gasteiger partial charge >= 0.3 is 6.36 Å². The third kappa shape index (κ3) is 5.67. The van der Waals surface area contributed by atoms with Crippen molar-refractivity contribution >= 4 is 28.7 Å². The van der Waals surface area contributed by atoms with Gasteiger partial charge in [-0.2, -0.15) is 0 Å². The second-order valence-corrected chi connectivity index (χ2v) is 4.79. The van der Waals surface area contributed by atoms with Gasteiger partial charge in [0.25, 0.3) is 0 Å². The fourth-order valence-electron chi connectivity index (χ4n) is 1.71. The molecule has 0 aliphatic rings. The Bertz CT molecular complexity index is 658. The maximum atomic E-state index is 12.1. The van der Waals surface area contributed by atoms with Crippen LogP contribution in [-0.4, -0.2) is 18.6 Å². The van der Waals surface area contributed by atoms with Gasteiger partial charge in [0, 0.05) is 11.4 Å². The van der Waals surface area contributed by atoms with Crippen molar-refractivity contribution in [3.63, 3.8) is 0 Å². The number of hydrogen-bond donors (Lipinski definition) is 2. The van der Waals surface area contributed by atoms with E-state index in [4.69, 9.17) is 17.0 Å². The Morgan fingerprint density at radius 3 is 1.70 bits per heavy atom. The van der Waals surface area contributed by atoms with Gasteiger partial charge in [-0.05, 0) is 60.7 Å². The third-order valence-corrected chi connectivity index (χ3v) is 2.90. The molecule has 0 saturated heterocycles. The quantitative estimate of drug-likeness (QED) is 0.806. The SMILES string of the molecule is COc1ccc(NC(=S)Nc2ccc(OC(F)(F)F)cc2)cc1. The molecule has 0 spiro atoms. The van der Waals surface area contributed by atoms with Crippen LogP contribution in [0.4, 0.5) is 24.5 Å². The van der Waals surface area contributed by atoms with Crippen molar-refractivity contribution < 1.29 is 22.6 Å². The van der Waals surface area contributed by atoms with E-state index in [0.717, 1.165) is 11.4 Å². The summed E-state index contributed by atoms with van der Waals surface area (Å²) in [7, 11) is 1.57. The molecular weight excluding hydrogens is 329 g/mol. The maximum Gasteiger partial charge on any atom is 0.573 e. The minimum atomic E-state index is -4.71. The Balaban J connectivity index is 1.91. The standard InChI is InChI=1S/C15H13F3N2O2S/c1-21-12-6-2-10(3-7-12)19-14(23)20-11-4-8-13(9-5-11)22-15(16,17)18/h2-9H,1H3,(H2,19,20,23). The number of ether oxygens (including phenoxy) is 2. The first-order chi connectivity index (χ1) is 10.9. The second kappa shape index (κ2) is 7.19. The van der Waals surface area contributed by atoms with Crippen molar-refractivity contribution in [2.45, 2.75) is 6.36 Å². The largest absolute Gasteiger partial charge is 0.573 e. The van der Waals surface area contributed by atoms with Gasteiger partial charge in [-0.3, -0.25) is 0 Å². The zero-order chi connectivity index (χ0) is 16.9. The Kier molecular flexibility index (Phi) is 5.28. The zero-order valence-corrected chi connectivity index (χ0v) is 12.8. The Labute approximate surface area is 136 Å². The van der Waals surface area contributed by atoms with Crippen LogP contribution < -0.4 is 20.1 Å². The first-order valence-corrected chi connectivity index (χ1v) is 6.84. The summed E-state index contributed by atoms with van der Waals surface area (Å²) in [4.78, 5) is 0. The number of benzene rings is 2. The lowest BCUT2D eigenvalue weighted by atomic mass is 10.3. The van der Waals surface area contributed by atoms with Crippen molar-refractivity contribution in [2.24, 2.45) is 0 Å². The van der Waals surface area contributed by atoms with E-state index < -0.39 is 6.36 Å². The lowest BCUT2D eigenvalue weighted by Gasteiger charge is -2.12. The molecule has 2 N–H and O–H groups in total. The fraction of sp³-hybridized carbons (Fsp3) is 0.133. The lowest BCUT2D eigenvalue weighted by molar-refractivity contribution is -0.274. The molecule has 0 aliphatic heterocycles. The summed E-state index contributed by atoms with van der Waals surface area (Å²) in [6, 6.07) is 12.4. The summed E-state index contributed by atoms with van der Waals surface area (Å²) >= 11 is 5.14. The van der Waals surface area contributed by atoms with E-state index in [1.165, 1.54) is 24.3 Å². The van der Waals surface area contributed by atoms with E-state index in [9.17, 15) is 13.2 Å². The topological polar surface area (TPSA) is 42.5 Å². The average molecular weight is 342 g/mol. The molecule has 0 unspecified atom stereocenters. The van der Waals surface area contributed by atoms with E-state index in [1.807, 2.05) is 0 Å². The van der Waals surface area contributed by atoms with Gasteiger partial charge in [0.1, 0.15) is 11.5 Å². The first-order valence-electron chi connectivity index (χ1n) is 6.43. The monoisotopic (exact) mass is 342 g/mol. The van der Waals surface area contributed by atoms with E-state index in [0.29, 0.717) is 10.8 Å². The van der Waals surface area contributed by atoms with Crippen LogP contribution in [0.25, 0.3) is 0 Å². The molecule has 4 nitrogen and oxygen atoms in total. The van der Waals surface area contributed by atoms with Crippen LogP contribution >= 0.6 is 12.2 Å². The number of methoxy groups -OCH3 is 1. The van der Waals surface area contributed by atoms with Crippen LogP contribution in [0.1, 0.15) is 0 Å². The molecule has 0 saturated carbocycles. The molecule has 2 aromatic carbocycles. The molecule has 0 aliphatic carbocycles. The summed E-state index contributed by atoms with van der Waals surface area (Å²) in [5.41, 5.74) is 1.28. The molecule has 0 fully saturated rings. The molecule has 0 aromatic heterocycles. The van der Waals surface area contributed by atoms with Gasteiger partial charge in [-0.1, -0.05) is 0 Å². The molecule has 0 heterocycles. The van der Waals surface area contributed by atoms with Crippen LogP contribution in [-0.2, 0) is 0 Å².